The topological polar surface area (TPSA) is 32.8 Å². The van der Waals surface area contributed by atoms with E-state index in [1.54, 1.807) is 0 Å². The molecule has 10 heavy (non-hydrogen) atoms. The second-order valence-corrected chi connectivity index (χ2v) is 3.55. The maximum Gasteiger partial charge on any atom is 0.0841 e. The average molecular weight is 142 g/mol. The summed E-state index contributed by atoms with van der Waals surface area (Å²) in [4.78, 5) is 0. The first-order chi connectivity index (χ1) is 4.81. The highest BCUT2D eigenvalue weighted by Crippen LogP contribution is 2.45. The number of rotatable bonds is 3. The Balaban J connectivity index is 1.65. The maximum atomic E-state index is 8.73. The lowest BCUT2D eigenvalue weighted by Crippen LogP contribution is -1.95. The molecule has 0 radical (unpaired) electrons. The monoisotopic (exact) mass is 142 g/mol. The summed E-state index contributed by atoms with van der Waals surface area (Å²) in [6.07, 6.45) is 3.44. The van der Waals surface area contributed by atoms with Crippen molar-refractivity contribution in [2.45, 2.75) is 32.0 Å². The van der Waals surface area contributed by atoms with Crippen LogP contribution in [0.5, 0.6) is 0 Å². The third-order valence-electron chi connectivity index (χ3n) is 2.68. The predicted molar refractivity (Wildman–Crippen MR) is 37.6 cm³/mol. The van der Waals surface area contributed by atoms with Gasteiger partial charge in [-0.3, -0.25) is 0 Å². The molecule has 2 fully saturated rings. The highest BCUT2D eigenvalue weighted by atomic mass is 16.6. The SMILES string of the molecule is CC1OC1CC1CC1CO. The van der Waals surface area contributed by atoms with Crippen LogP contribution >= 0.6 is 0 Å². The number of aliphatic hydroxyl groups excluding tert-OH is 1. The van der Waals surface area contributed by atoms with Gasteiger partial charge < -0.3 is 9.84 Å². The number of epoxide rings is 1. The molecule has 4 unspecified atom stereocenters. The zero-order chi connectivity index (χ0) is 7.14. The minimum atomic E-state index is 0.381. The molecule has 1 N–H and O–H groups in total. The molecular weight excluding hydrogens is 128 g/mol. The number of hydrogen-bond acceptors (Lipinski definition) is 2. The van der Waals surface area contributed by atoms with Crippen LogP contribution < -0.4 is 0 Å². The van der Waals surface area contributed by atoms with E-state index >= 15 is 0 Å². The van der Waals surface area contributed by atoms with Crippen LogP contribution in [0.15, 0.2) is 0 Å². The van der Waals surface area contributed by atoms with Crippen molar-refractivity contribution in [1.82, 2.24) is 0 Å². The van der Waals surface area contributed by atoms with Gasteiger partial charge in [0.2, 0.25) is 0 Å². The van der Waals surface area contributed by atoms with Crippen molar-refractivity contribution in [3.8, 4) is 0 Å². The van der Waals surface area contributed by atoms with Crippen molar-refractivity contribution >= 4 is 0 Å². The number of aliphatic hydroxyl groups is 1. The molecule has 1 saturated carbocycles. The first-order valence-electron chi connectivity index (χ1n) is 4.07. The molecule has 0 bridgehead atoms. The molecule has 0 spiro atoms. The zero-order valence-electron chi connectivity index (χ0n) is 6.29. The average Bonchev–Trinajstić information content (AvgIpc) is 2.76. The van der Waals surface area contributed by atoms with E-state index in [1.165, 1.54) is 12.8 Å². The fraction of sp³-hybridized carbons (Fsp3) is 1.00. The van der Waals surface area contributed by atoms with Crippen LogP contribution in [-0.4, -0.2) is 23.9 Å². The van der Waals surface area contributed by atoms with Crippen LogP contribution in [0, 0.1) is 11.8 Å². The molecular formula is C8H14O2. The van der Waals surface area contributed by atoms with Crippen LogP contribution in [-0.2, 0) is 4.74 Å². The Morgan fingerprint density at radius 1 is 1.50 bits per heavy atom. The fourth-order valence-electron chi connectivity index (χ4n) is 1.60. The predicted octanol–water partition coefficient (Wildman–Crippen LogP) is 0.792. The Morgan fingerprint density at radius 2 is 2.20 bits per heavy atom. The van der Waals surface area contributed by atoms with Crippen LogP contribution in [0.1, 0.15) is 19.8 Å². The highest BCUT2D eigenvalue weighted by molar-refractivity contribution is 4.92. The molecule has 0 aromatic rings. The van der Waals surface area contributed by atoms with Gasteiger partial charge in [-0.05, 0) is 31.6 Å². The molecule has 2 nitrogen and oxygen atoms in total. The van der Waals surface area contributed by atoms with Crippen LogP contribution in [0.3, 0.4) is 0 Å². The van der Waals surface area contributed by atoms with E-state index in [0.717, 1.165) is 5.92 Å². The minimum Gasteiger partial charge on any atom is -0.396 e. The fourth-order valence-corrected chi connectivity index (χ4v) is 1.60. The molecule has 2 heteroatoms. The Hall–Kier alpha value is -0.0800. The van der Waals surface area contributed by atoms with E-state index in [4.69, 9.17) is 9.84 Å². The van der Waals surface area contributed by atoms with E-state index < -0.39 is 0 Å². The molecule has 0 amide bonds. The van der Waals surface area contributed by atoms with Gasteiger partial charge in [0, 0.05) is 6.61 Å². The maximum absolute atomic E-state index is 8.73. The van der Waals surface area contributed by atoms with Crippen molar-refractivity contribution in [2.24, 2.45) is 11.8 Å². The summed E-state index contributed by atoms with van der Waals surface area (Å²) in [6, 6.07) is 0. The van der Waals surface area contributed by atoms with E-state index in [-0.39, 0.29) is 0 Å². The molecule has 1 aliphatic carbocycles. The van der Waals surface area contributed by atoms with E-state index in [9.17, 15) is 0 Å². The summed E-state index contributed by atoms with van der Waals surface area (Å²) < 4.78 is 5.28. The van der Waals surface area contributed by atoms with Gasteiger partial charge in [0.1, 0.15) is 0 Å². The summed E-state index contributed by atoms with van der Waals surface area (Å²) in [5, 5.41) is 8.73. The molecule has 2 aliphatic rings. The first-order valence-corrected chi connectivity index (χ1v) is 4.07. The third-order valence-corrected chi connectivity index (χ3v) is 2.68. The molecule has 1 heterocycles. The van der Waals surface area contributed by atoms with Crippen LogP contribution in [0.2, 0.25) is 0 Å². The molecule has 58 valence electrons. The van der Waals surface area contributed by atoms with E-state index in [2.05, 4.69) is 6.92 Å². The lowest BCUT2D eigenvalue weighted by molar-refractivity contribution is 0.264. The summed E-state index contributed by atoms with van der Waals surface area (Å²) >= 11 is 0. The molecule has 4 atom stereocenters. The van der Waals surface area contributed by atoms with E-state index in [1.807, 2.05) is 0 Å². The van der Waals surface area contributed by atoms with Crippen molar-refractivity contribution in [2.75, 3.05) is 6.61 Å². The van der Waals surface area contributed by atoms with E-state index in [0.29, 0.717) is 24.7 Å². The minimum absolute atomic E-state index is 0.381. The van der Waals surface area contributed by atoms with Gasteiger partial charge in [0.05, 0.1) is 12.2 Å². The molecule has 0 aromatic heterocycles. The van der Waals surface area contributed by atoms with Gasteiger partial charge in [-0.25, -0.2) is 0 Å². The summed E-state index contributed by atoms with van der Waals surface area (Å²) in [7, 11) is 0. The normalized spacial score (nSPS) is 51.0. The Kier molecular flexibility index (Phi) is 1.46. The van der Waals surface area contributed by atoms with Crippen molar-refractivity contribution in [1.29, 1.82) is 0 Å². The highest BCUT2D eigenvalue weighted by Gasteiger charge is 2.44. The standard InChI is InChI=1S/C8H14O2/c1-5-8(10-5)3-6-2-7(6)4-9/h5-9H,2-4H2,1H3. The Morgan fingerprint density at radius 3 is 2.60 bits per heavy atom. The zero-order valence-corrected chi connectivity index (χ0v) is 6.29. The molecule has 1 saturated heterocycles. The molecule has 2 rings (SSSR count). The third kappa shape index (κ3) is 1.18. The quantitative estimate of drug-likeness (QED) is 0.591. The Bertz CT molecular complexity index is 135. The Labute approximate surface area is 61.2 Å². The lowest BCUT2D eigenvalue weighted by Gasteiger charge is -1.90. The van der Waals surface area contributed by atoms with Gasteiger partial charge in [-0.15, -0.1) is 0 Å². The summed E-state index contributed by atoms with van der Waals surface area (Å²) in [6.45, 7) is 2.49. The van der Waals surface area contributed by atoms with Crippen molar-refractivity contribution < 1.29 is 9.84 Å². The smallest absolute Gasteiger partial charge is 0.0841 e. The van der Waals surface area contributed by atoms with Crippen LogP contribution in [0.25, 0.3) is 0 Å². The first kappa shape index (κ1) is 6.62. The second-order valence-electron chi connectivity index (χ2n) is 3.55. The van der Waals surface area contributed by atoms with Gasteiger partial charge in [-0.1, -0.05) is 0 Å². The molecule has 1 aliphatic heterocycles. The van der Waals surface area contributed by atoms with Gasteiger partial charge in [0.15, 0.2) is 0 Å². The van der Waals surface area contributed by atoms with Gasteiger partial charge >= 0.3 is 0 Å². The van der Waals surface area contributed by atoms with Crippen molar-refractivity contribution in [3.63, 3.8) is 0 Å². The summed E-state index contributed by atoms with van der Waals surface area (Å²) in [5.41, 5.74) is 0. The van der Waals surface area contributed by atoms with Crippen LogP contribution in [0.4, 0.5) is 0 Å². The largest absolute Gasteiger partial charge is 0.396 e. The number of hydrogen-bond donors (Lipinski definition) is 1. The van der Waals surface area contributed by atoms with Gasteiger partial charge in [0.25, 0.3) is 0 Å². The summed E-state index contributed by atoms with van der Waals surface area (Å²) in [5.74, 6) is 1.39. The number of ether oxygens (including phenoxy) is 1. The van der Waals surface area contributed by atoms with Crippen molar-refractivity contribution in [3.05, 3.63) is 0 Å². The molecule has 0 aromatic carbocycles. The lowest BCUT2D eigenvalue weighted by atomic mass is 10.1. The second kappa shape index (κ2) is 2.21. The van der Waals surface area contributed by atoms with Gasteiger partial charge in [-0.2, -0.15) is 0 Å².